The maximum absolute atomic E-state index is 12.3. The number of nitrogens with one attached hydrogen (secondary N) is 1. The van der Waals surface area contributed by atoms with E-state index in [1.54, 1.807) is 32.9 Å². The summed E-state index contributed by atoms with van der Waals surface area (Å²) in [5.74, 6) is 2.22. The molecule has 0 radical (unpaired) electrons. The Labute approximate surface area is 141 Å². The van der Waals surface area contributed by atoms with Gasteiger partial charge in [-0.1, -0.05) is 0 Å². The zero-order chi connectivity index (χ0) is 17.5. The molecule has 1 aromatic heterocycles. The van der Waals surface area contributed by atoms with Crippen molar-refractivity contribution in [2.45, 2.75) is 11.9 Å². The fraction of sp³-hybridized carbons (Fsp3) is 0.375. The lowest BCUT2D eigenvalue weighted by atomic mass is 10.2. The van der Waals surface area contributed by atoms with Crippen molar-refractivity contribution in [3.63, 3.8) is 0 Å². The van der Waals surface area contributed by atoms with E-state index in [1.165, 1.54) is 4.31 Å². The van der Waals surface area contributed by atoms with Crippen LogP contribution in [0.3, 0.4) is 0 Å². The Kier molecular flexibility index (Phi) is 4.18. The molecule has 7 nitrogen and oxygen atoms in total. The second-order valence-corrected chi connectivity index (χ2v) is 7.98. The van der Waals surface area contributed by atoms with Crippen LogP contribution in [-0.4, -0.2) is 45.6 Å². The van der Waals surface area contributed by atoms with E-state index in [0.717, 1.165) is 28.4 Å². The van der Waals surface area contributed by atoms with Gasteiger partial charge in [0.25, 0.3) is 0 Å². The molecule has 1 atom stereocenters. The number of ether oxygens (including phenoxy) is 2. The van der Waals surface area contributed by atoms with Crippen LogP contribution in [0, 0.1) is 0 Å². The standard InChI is InChI=1S/C16H21N3O4S/c1-18(2)24(20,21)16-12-7-15(19(16)10-12)17-9-11-5-6-13(22-3)8-14(11)23-4/h5-8,10,16-17H,9H2,1-4H3. The maximum Gasteiger partial charge on any atom is 0.239 e. The van der Waals surface area contributed by atoms with Crippen LogP contribution < -0.4 is 14.8 Å². The molecule has 2 aliphatic rings. The van der Waals surface area contributed by atoms with Gasteiger partial charge in [0.15, 0.2) is 5.37 Å². The van der Waals surface area contributed by atoms with Crippen LogP contribution in [0.1, 0.15) is 16.5 Å². The van der Waals surface area contributed by atoms with E-state index in [-0.39, 0.29) is 0 Å². The van der Waals surface area contributed by atoms with Gasteiger partial charge in [-0.3, -0.25) is 0 Å². The fourth-order valence-corrected chi connectivity index (χ4v) is 4.08. The minimum Gasteiger partial charge on any atom is -0.497 e. The summed E-state index contributed by atoms with van der Waals surface area (Å²) in [5.41, 5.74) is 1.76. The van der Waals surface area contributed by atoms with Crippen molar-refractivity contribution in [1.82, 2.24) is 8.87 Å². The first-order valence-corrected chi connectivity index (χ1v) is 8.96. The zero-order valence-corrected chi connectivity index (χ0v) is 14.9. The van der Waals surface area contributed by atoms with Gasteiger partial charge in [0.05, 0.1) is 14.2 Å². The van der Waals surface area contributed by atoms with Gasteiger partial charge in [0.1, 0.15) is 17.3 Å². The number of rotatable bonds is 7. The second kappa shape index (κ2) is 6.03. The van der Waals surface area contributed by atoms with E-state index in [4.69, 9.17) is 9.47 Å². The number of anilines is 1. The number of aromatic nitrogens is 1. The van der Waals surface area contributed by atoms with Crippen LogP contribution in [0.25, 0.3) is 0 Å². The predicted molar refractivity (Wildman–Crippen MR) is 92.1 cm³/mol. The van der Waals surface area contributed by atoms with Crippen molar-refractivity contribution in [2.75, 3.05) is 33.6 Å². The minimum absolute atomic E-state index is 0.519. The molecule has 130 valence electrons. The average Bonchev–Trinajstić information content (AvgIpc) is 3.11. The molecule has 1 aromatic carbocycles. The Morgan fingerprint density at radius 3 is 2.58 bits per heavy atom. The highest BCUT2D eigenvalue weighted by Gasteiger charge is 2.40. The number of hydrogen-bond donors (Lipinski definition) is 1. The van der Waals surface area contributed by atoms with Crippen LogP contribution in [0.4, 0.5) is 5.82 Å². The van der Waals surface area contributed by atoms with E-state index in [0.29, 0.717) is 6.54 Å². The number of hydrogen-bond acceptors (Lipinski definition) is 5. The van der Waals surface area contributed by atoms with E-state index in [2.05, 4.69) is 5.32 Å². The Bertz CT molecular complexity index is 858. The molecule has 1 unspecified atom stereocenters. The Balaban J connectivity index is 1.75. The van der Waals surface area contributed by atoms with E-state index < -0.39 is 15.4 Å². The van der Waals surface area contributed by atoms with Crippen LogP contribution in [0.15, 0.2) is 30.5 Å². The number of benzene rings is 1. The first kappa shape index (κ1) is 16.7. The average molecular weight is 351 g/mol. The Morgan fingerprint density at radius 1 is 1.21 bits per heavy atom. The molecule has 0 saturated carbocycles. The molecule has 2 bridgehead atoms. The molecular weight excluding hydrogens is 330 g/mol. The summed E-state index contributed by atoms with van der Waals surface area (Å²) in [4.78, 5) is 0. The summed E-state index contributed by atoms with van der Waals surface area (Å²) in [6.07, 6.45) is 1.83. The topological polar surface area (TPSA) is 72.8 Å². The van der Waals surface area contributed by atoms with E-state index in [1.807, 2.05) is 30.5 Å². The normalized spacial score (nSPS) is 16.0. The Hall–Kier alpha value is -2.19. The molecule has 24 heavy (non-hydrogen) atoms. The van der Waals surface area contributed by atoms with Gasteiger partial charge in [-0.25, -0.2) is 12.7 Å². The third kappa shape index (κ3) is 2.61. The summed E-state index contributed by atoms with van der Waals surface area (Å²) in [6.45, 7) is 0.519. The summed E-state index contributed by atoms with van der Waals surface area (Å²) >= 11 is 0. The maximum atomic E-state index is 12.3. The van der Waals surface area contributed by atoms with E-state index >= 15 is 0 Å². The third-order valence-electron chi connectivity index (χ3n) is 4.15. The largest absolute Gasteiger partial charge is 0.497 e. The van der Waals surface area contributed by atoms with Gasteiger partial charge in [-0.2, -0.15) is 0 Å². The molecule has 0 amide bonds. The third-order valence-corrected chi connectivity index (χ3v) is 6.23. The quantitative estimate of drug-likeness (QED) is 0.824. The molecule has 0 aliphatic carbocycles. The molecular formula is C16H21N3O4S. The lowest BCUT2D eigenvalue weighted by molar-refractivity contribution is 0.391. The second-order valence-electron chi connectivity index (χ2n) is 5.78. The zero-order valence-electron chi connectivity index (χ0n) is 14.1. The van der Waals surface area contributed by atoms with Crippen molar-refractivity contribution < 1.29 is 17.9 Å². The van der Waals surface area contributed by atoms with Crippen molar-refractivity contribution in [3.05, 3.63) is 41.6 Å². The number of sulfonamides is 1. The van der Waals surface area contributed by atoms with Gasteiger partial charge in [0.2, 0.25) is 10.0 Å². The predicted octanol–water partition coefficient (Wildman–Crippen LogP) is 1.87. The van der Waals surface area contributed by atoms with Crippen LogP contribution >= 0.6 is 0 Å². The molecule has 0 spiro atoms. The monoisotopic (exact) mass is 351 g/mol. The smallest absolute Gasteiger partial charge is 0.239 e. The molecule has 3 heterocycles. The molecule has 1 N–H and O–H groups in total. The summed E-state index contributed by atoms with van der Waals surface area (Å²) in [6, 6.07) is 7.47. The van der Waals surface area contributed by atoms with Crippen LogP contribution in [-0.2, 0) is 16.6 Å². The van der Waals surface area contributed by atoms with Gasteiger partial charge in [-0.05, 0) is 18.2 Å². The number of nitrogens with zero attached hydrogens (tertiary/aromatic N) is 2. The van der Waals surface area contributed by atoms with E-state index in [9.17, 15) is 8.42 Å². The fourth-order valence-electron chi connectivity index (χ4n) is 2.75. The molecule has 2 aromatic rings. The number of fused-ring (bicyclic) bond motifs is 1. The molecule has 8 heteroatoms. The van der Waals surface area contributed by atoms with Crippen LogP contribution in [0.2, 0.25) is 0 Å². The van der Waals surface area contributed by atoms with Crippen molar-refractivity contribution >= 4 is 15.8 Å². The highest BCUT2D eigenvalue weighted by molar-refractivity contribution is 7.89. The first-order chi connectivity index (χ1) is 11.4. The van der Waals surface area contributed by atoms with Gasteiger partial charge >= 0.3 is 0 Å². The lowest BCUT2D eigenvalue weighted by Crippen LogP contribution is -2.34. The van der Waals surface area contributed by atoms with Gasteiger partial charge in [-0.15, -0.1) is 0 Å². The molecule has 4 rings (SSSR count). The van der Waals surface area contributed by atoms with Crippen molar-refractivity contribution in [2.24, 2.45) is 0 Å². The van der Waals surface area contributed by atoms with Gasteiger partial charge in [0, 0.05) is 44.0 Å². The van der Waals surface area contributed by atoms with Gasteiger partial charge < -0.3 is 19.4 Å². The van der Waals surface area contributed by atoms with Crippen LogP contribution in [0.5, 0.6) is 11.5 Å². The SMILES string of the molecule is COc1ccc(CNc2cc3cn2C3S(=O)(=O)N(C)C)c(OC)c1. The molecule has 2 aliphatic heterocycles. The molecule has 0 fully saturated rings. The lowest BCUT2D eigenvalue weighted by Gasteiger charge is -2.27. The molecule has 0 saturated heterocycles. The Morgan fingerprint density at radius 2 is 1.96 bits per heavy atom. The first-order valence-electron chi connectivity index (χ1n) is 7.46. The van der Waals surface area contributed by atoms with Crippen molar-refractivity contribution in [3.8, 4) is 11.5 Å². The highest BCUT2D eigenvalue weighted by Crippen LogP contribution is 2.41. The highest BCUT2D eigenvalue weighted by atomic mass is 32.2. The van der Waals surface area contributed by atoms with Crippen molar-refractivity contribution in [1.29, 1.82) is 0 Å². The number of methoxy groups -OCH3 is 2. The minimum atomic E-state index is -3.36. The summed E-state index contributed by atoms with van der Waals surface area (Å²) < 4.78 is 38.2. The summed E-state index contributed by atoms with van der Waals surface area (Å²) in [5, 5.41) is 2.66. The summed E-state index contributed by atoms with van der Waals surface area (Å²) in [7, 11) is 2.95.